The normalized spacial score (nSPS) is 19.5. The Morgan fingerprint density at radius 2 is 1.76 bits per heavy atom. The smallest absolute Gasteiger partial charge is 0.234 e. The molecule has 0 aromatic heterocycles. The molecule has 0 saturated carbocycles. The molecule has 0 aromatic rings. The molecule has 1 rings (SSSR count). The molecule has 0 spiro atoms. The van der Waals surface area contributed by atoms with Crippen LogP contribution < -0.4 is 5.32 Å². The number of nitrogens with zero attached hydrogens (tertiary/aromatic N) is 2. The number of hydrogen-bond acceptors (Lipinski definition) is 4. The van der Waals surface area contributed by atoms with Gasteiger partial charge in [-0.05, 0) is 13.8 Å². The van der Waals surface area contributed by atoms with E-state index in [2.05, 4.69) is 5.32 Å². The summed E-state index contributed by atoms with van der Waals surface area (Å²) < 4.78 is 24.0. The van der Waals surface area contributed by atoms with E-state index in [9.17, 15) is 13.2 Å². The van der Waals surface area contributed by atoms with Gasteiger partial charge in [0.05, 0.1) is 12.8 Å². The Morgan fingerprint density at radius 3 is 2.18 bits per heavy atom. The third-order valence-corrected chi connectivity index (χ3v) is 3.92. The highest BCUT2D eigenvalue weighted by atomic mass is 32.2. The van der Waals surface area contributed by atoms with Crippen LogP contribution in [0.25, 0.3) is 0 Å². The molecular weight excluding hydrogens is 242 g/mol. The lowest BCUT2D eigenvalue weighted by Crippen LogP contribution is -2.51. The molecule has 0 radical (unpaired) electrons. The molecule has 0 atom stereocenters. The van der Waals surface area contributed by atoms with Gasteiger partial charge in [0.2, 0.25) is 15.9 Å². The van der Waals surface area contributed by atoms with Crippen LogP contribution in [0.15, 0.2) is 0 Å². The molecule has 1 aliphatic heterocycles. The highest BCUT2D eigenvalue weighted by Gasteiger charge is 2.24. The summed E-state index contributed by atoms with van der Waals surface area (Å²) in [5.41, 5.74) is 0. The maximum atomic E-state index is 11.5. The molecule has 0 unspecified atom stereocenters. The summed E-state index contributed by atoms with van der Waals surface area (Å²) in [4.78, 5) is 13.5. The zero-order valence-corrected chi connectivity index (χ0v) is 11.5. The number of carbonyl (C=O) groups excluding carboxylic acids is 1. The lowest BCUT2D eigenvalue weighted by atomic mass is 10.3. The summed E-state index contributed by atoms with van der Waals surface area (Å²) in [6, 6.07) is 0.139. The van der Waals surface area contributed by atoms with Gasteiger partial charge < -0.3 is 5.32 Å². The van der Waals surface area contributed by atoms with Gasteiger partial charge in [-0.3, -0.25) is 9.69 Å². The summed E-state index contributed by atoms with van der Waals surface area (Å²) >= 11 is 0. The zero-order chi connectivity index (χ0) is 13.1. The highest BCUT2D eigenvalue weighted by Crippen LogP contribution is 2.05. The fraction of sp³-hybridized carbons (Fsp3) is 0.900. The van der Waals surface area contributed by atoms with E-state index in [1.807, 2.05) is 18.7 Å². The van der Waals surface area contributed by atoms with Crippen LogP contribution in [-0.4, -0.2) is 68.6 Å². The van der Waals surface area contributed by atoms with E-state index in [0.29, 0.717) is 32.7 Å². The van der Waals surface area contributed by atoms with Crippen LogP contribution in [0.2, 0.25) is 0 Å². The number of rotatable bonds is 4. The lowest BCUT2D eigenvalue weighted by Gasteiger charge is -2.32. The van der Waals surface area contributed by atoms with Gasteiger partial charge in [0.1, 0.15) is 0 Å². The number of sulfonamides is 1. The minimum absolute atomic E-state index is 0.00666. The van der Waals surface area contributed by atoms with Crippen molar-refractivity contribution in [3.8, 4) is 0 Å². The van der Waals surface area contributed by atoms with Crippen LogP contribution in [0.4, 0.5) is 0 Å². The van der Waals surface area contributed by atoms with Crippen LogP contribution >= 0.6 is 0 Å². The first-order valence-electron chi connectivity index (χ1n) is 5.76. The Hall–Kier alpha value is -0.660. The van der Waals surface area contributed by atoms with Crippen molar-refractivity contribution in [1.82, 2.24) is 14.5 Å². The quantitative estimate of drug-likeness (QED) is 0.713. The van der Waals surface area contributed by atoms with Crippen molar-refractivity contribution in [2.75, 3.05) is 39.0 Å². The van der Waals surface area contributed by atoms with Gasteiger partial charge in [0.25, 0.3) is 0 Å². The maximum Gasteiger partial charge on any atom is 0.234 e. The number of hydrogen-bond donors (Lipinski definition) is 1. The predicted octanol–water partition coefficient (Wildman–Crippen LogP) is -0.912. The Kier molecular flexibility index (Phi) is 4.91. The topological polar surface area (TPSA) is 69.7 Å². The molecule has 1 aliphatic rings. The average Bonchev–Trinajstić information content (AvgIpc) is 2.15. The fourth-order valence-corrected chi connectivity index (χ4v) is 2.62. The van der Waals surface area contributed by atoms with Crippen molar-refractivity contribution in [2.24, 2.45) is 0 Å². The molecule has 1 N–H and O–H groups in total. The summed E-state index contributed by atoms with van der Waals surface area (Å²) in [5, 5.41) is 2.82. The van der Waals surface area contributed by atoms with Crippen molar-refractivity contribution in [3.05, 3.63) is 0 Å². The second kappa shape index (κ2) is 5.79. The van der Waals surface area contributed by atoms with Gasteiger partial charge in [-0.1, -0.05) is 0 Å². The molecule has 7 heteroatoms. The van der Waals surface area contributed by atoms with Crippen LogP contribution in [0.5, 0.6) is 0 Å². The summed E-state index contributed by atoms with van der Waals surface area (Å²) in [6.45, 7) is 6.33. The minimum Gasteiger partial charge on any atom is -0.353 e. The standard InChI is InChI=1S/C10H21N3O3S/c1-9(2)11-10(14)8-12-4-6-13(7-5-12)17(3,15)16/h9H,4-8H2,1-3H3,(H,11,14). The summed E-state index contributed by atoms with van der Waals surface area (Å²) in [7, 11) is -3.09. The van der Waals surface area contributed by atoms with E-state index in [4.69, 9.17) is 0 Å². The third-order valence-electron chi connectivity index (χ3n) is 2.62. The van der Waals surface area contributed by atoms with E-state index >= 15 is 0 Å². The van der Waals surface area contributed by atoms with Crippen molar-refractivity contribution in [3.63, 3.8) is 0 Å². The first-order chi connectivity index (χ1) is 7.79. The minimum atomic E-state index is -3.09. The average molecular weight is 263 g/mol. The first kappa shape index (κ1) is 14.4. The SMILES string of the molecule is CC(C)NC(=O)CN1CCN(S(C)(=O)=O)CC1. The molecule has 0 aliphatic carbocycles. The van der Waals surface area contributed by atoms with Crippen molar-refractivity contribution >= 4 is 15.9 Å². The van der Waals surface area contributed by atoms with E-state index in [0.717, 1.165) is 0 Å². The molecule has 1 saturated heterocycles. The fourth-order valence-electron chi connectivity index (χ4n) is 1.79. The summed E-state index contributed by atoms with van der Waals surface area (Å²) in [6.07, 6.45) is 1.22. The molecular formula is C10H21N3O3S. The van der Waals surface area contributed by atoms with E-state index in [-0.39, 0.29) is 11.9 Å². The van der Waals surface area contributed by atoms with Crippen molar-refractivity contribution in [1.29, 1.82) is 0 Å². The van der Waals surface area contributed by atoms with E-state index in [1.54, 1.807) is 0 Å². The van der Waals surface area contributed by atoms with Gasteiger partial charge in [-0.25, -0.2) is 8.42 Å². The molecule has 1 fully saturated rings. The van der Waals surface area contributed by atoms with Gasteiger partial charge in [0.15, 0.2) is 0 Å². The van der Waals surface area contributed by atoms with Gasteiger partial charge in [0, 0.05) is 32.2 Å². The van der Waals surface area contributed by atoms with Gasteiger partial charge in [-0.15, -0.1) is 0 Å². The number of amides is 1. The Labute approximate surface area is 103 Å². The molecule has 0 aromatic carbocycles. The second-order valence-electron chi connectivity index (χ2n) is 4.66. The molecule has 100 valence electrons. The summed E-state index contributed by atoms with van der Waals surface area (Å²) in [5.74, 6) is -0.00666. The molecule has 0 bridgehead atoms. The lowest BCUT2D eigenvalue weighted by molar-refractivity contribution is -0.123. The van der Waals surface area contributed by atoms with E-state index < -0.39 is 10.0 Å². The van der Waals surface area contributed by atoms with Crippen LogP contribution in [-0.2, 0) is 14.8 Å². The number of nitrogens with one attached hydrogen (secondary N) is 1. The zero-order valence-electron chi connectivity index (χ0n) is 10.6. The maximum absolute atomic E-state index is 11.5. The highest BCUT2D eigenvalue weighted by molar-refractivity contribution is 7.88. The molecule has 1 amide bonds. The Morgan fingerprint density at radius 1 is 1.24 bits per heavy atom. The van der Waals surface area contributed by atoms with Crippen LogP contribution in [0.3, 0.4) is 0 Å². The predicted molar refractivity (Wildman–Crippen MR) is 66.1 cm³/mol. The third kappa shape index (κ3) is 5.01. The van der Waals surface area contributed by atoms with Gasteiger partial charge in [-0.2, -0.15) is 4.31 Å². The van der Waals surface area contributed by atoms with Crippen molar-refractivity contribution < 1.29 is 13.2 Å². The Balaban J connectivity index is 2.35. The Bertz CT molecular complexity index is 359. The molecule has 17 heavy (non-hydrogen) atoms. The number of carbonyl (C=O) groups is 1. The van der Waals surface area contributed by atoms with Crippen LogP contribution in [0, 0.1) is 0 Å². The largest absolute Gasteiger partial charge is 0.353 e. The first-order valence-corrected chi connectivity index (χ1v) is 7.60. The van der Waals surface area contributed by atoms with Crippen LogP contribution in [0.1, 0.15) is 13.8 Å². The van der Waals surface area contributed by atoms with Gasteiger partial charge >= 0.3 is 0 Å². The van der Waals surface area contributed by atoms with E-state index in [1.165, 1.54) is 10.6 Å². The monoisotopic (exact) mass is 263 g/mol. The van der Waals surface area contributed by atoms with Crippen molar-refractivity contribution in [2.45, 2.75) is 19.9 Å². The second-order valence-corrected chi connectivity index (χ2v) is 6.64. The molecule has 6 nitrogen and oxygen atoms in total. The number of piperazine rings is 1. The molecule has 1 heterocycles.